The molecule has 9 heteroatoms. The number of nitrogens with one attached hydrogen (secondary N) is 2. The van der Waals surface area contributed by atoms with Crippen molar-refractivity contribution in [2.75, 3.05) is 0 Å². The third kappa shape index (κ3) is 5.39. The number of benzene rings is 1. The highest BCUT2D eigenvalue weighted by Crippen LogP contribution is 2.37. The number of carboxylic acids is 1. The summed E-state index contributed by atoms with van der Waals surface area (Å²) in [6.45, 7) is 0. The summed E-state index contributed by atoms with van der Waals surface area (Å²) in [5, 5.41) is 9.62. The molecule has 51 heavy (non-hydrogen) atoms. The van der Waals surface area contributed by atoms with E-state index in [9.17, 15) is 9.90 Å². The van der Waals surface area contributed by atoms with Crippen LogP contribution in [0.1, 0.15) is 33.1 Å². The topological polar surface area (TPSA) is 133 Å². The van der Waals surface area contributed by atoms with E-state index in [1.807, 2.05) is 115 Å². The van der Waals surface area contributed by atoms with Gasteiger partial charge in [0.05, 0.1) is 62.0 Å². The molecular weight excluding hydrogens is 635 g/mol. The minimum absolute atomic E-state index is 0.204. The van der Waals surface area contributed by atoms with Gasteiger partial charge in [0, 0.05) is 46.4 Å². The number of fused-ring (bicyclic) bond motifs is 8. The van der Waals surface area contributed by atoms with Gasteiger partial charge in [0.15, 0.2) is 0 Å². The second-order valence-electron chi connectivity index (χ2n) is 12.0. The van der Waals surface area contributed by atoms with Gasteiger partial charge in [-0.1, -0.05) is 30.3 Å². The van der Waals surface area contributed by atoms with Gasteiger partial charge in [-0.25, -0.2) is 14.8 Å². The smallest absolute Gasteiger partial charge is 0.335 e. The number of aromatic amines is 2. The van der Waals surface area contributed by atoms with Crippen LogP contribution in [0.3, 0.4) is 0 Å². The quantitative estimate of drug-likeness (QED) is 0.167. The number of carboxylic acid groups (broad SMARTS) is 1. The monoisotopic (exact) mass is 661 g/mol. The Morgan fingerprint density at radius 3 is 1.18 bits per heavy atom. The normalized spacial score (nSPS) is 11.9. The van der Waals surface area contributed by atoms with Gasteiger partial charge in [0.2, 0.25) is 0 Å². The van der Waals surface area contributed by atoms with Crippen LogP contribution in [0.25, 0.3) is 91.3 Å². The zero-order valence-electron chi connectivity index (χ0n) is 26.9. The van der Waals surface area contributed by atoms with Crippen molar-refractivity contribution >= 4 is 52.3 Å². The van der Waals surface area contributed by atoms with Gasteiger partial charge < -0.3 is 15.1 Å². The Hall–Kier alpha value is -7.26. The van der Waals surface area contributed by atoms with Crippen LogP contribution in [-0.2, 0) is 0 Å². The zero-order chi connectivity index (χ0) is 34.3. The molecule has 0 atom stereocenters. The average Bonchev–Trinajstić information content (AvgIpc) is 4.01. The van der Waals surface area contributed by atoms with E-state index < -0.39 is 5.97 Å². The van der Waals surface area contributed by atoms with Gasteiger partial charge in [0.1, 0.15) is 0 Å². The lowest BCUT2D eigenvalue weighted by Crippen LogP contribution is -1.95. The largest absolute Gasteiger partial charge is 0.478 e. The molecule has 0 fully saturated rings. The minimum Gasteiger partial charge on any atom is -0.478 e. The number of aromatic nitrogens is 7. The van der Waals surface area contributed by atoms with Crippen LogP contribution < -0.4 is 0 Å². The van der Waals surface area contributed by atoms with E-state index in [1.165, 1.54) is 0 Å². The Morgan fingerprint density at radius 1 is 0.451 bits per heavy atom. The number of rotatable bonds is 5. The molecule has 0 aliphatic carbocycles. The van der Waals surface area contributed by atoms with Crippen LogP contribution in [0.5, 0.6) is 0 Å². The highest BCUT2D eigenvalue weighted by Gasteiger charge is 2.20. The Bertz CT molecular complexity index is 2660. The molecule has 0 saturated heterocycles. The van der Waals surface area contributed by atoms with E-state index in [0.717, 1.165) is 84.0 Å². The molecule has 3 N–H and O–H groups in total. The van der Waals surface area contributed by atoms with Crippen LogP contribution in [-0.4, -0.2) is 46.0 Å². The summed E-state index contributed by atoms with van der Waals surface area (Å²) < 4.78 is 0. The molecular formula is C42H27N7O2. The van der Waals surface area contributed by atoms with Crippen molar-refractivity contribution in [3.63, 3.8) is 0 Å². The number of hydrogen-bond acceptors (Lipinski definition) is 6. The summed E-state index contributed by atoms with van der Waals surface area (Å²) in [7, 11) is 0. The van der Waals surface area contributed by atoms with Gasteiger partial charge in [-0.2, -0.15) is 0 Å². The van der Waals surface area contributed by atoms with E-state index in [4.69, 9.17) is 24.9 Å². The second kappa shape index (κ2) is 12.3. The Morgan fingerprint density at radius 2 is 0.824 bits per heavy atom. The first-order valence-electron chi connectivity index (χ1n) is 16.3. The summed E-state index contributed by atoms with van der Waals surface area (Å²) in [6, 6.07) is 32.5. The van der Waals surface area contributed by atoms with Crippen molar-refractivity contribution in [3.05, 3.63) is 150 Å². The Labute approximate surface area is 291 Å². The highest BCUT2D eigenvalue weighted by atomic mass is 16.4. The minimum atomic E-state index is -0.986. The van der Waals surface area contributed by atoms with Crippen molar-refractivity contribution in [1.29, 1.82) is 0 Å². The van der Waals surface area contributed by atoms with Gasteiger partial charge in [-0.3, -0.25) is 15.0 Å². The van der Waals surface area contributed by atoms with E-state index in [-0.39, 0.29) is 5.56 Å². The highest BCUT2D eigenvalue weighted by molar-refractivity contribution is 5.99. The standard InChI is InChI=1S/C42H27N7O2/c50-42(51)26-12-10-25(11-13-26)38-30-14-16-32(46-30)39(27-7-1-4-22-43-27)34-18-20-36(48-34)41(29-9-3-6-24-45-29)37-21-19-35(49-37)40(28-8-2-5-23-44-28)33-17-15-31(38)47-33/h1-24,46,49H,(H,50,51). The van der Waals surface area contributed by atoms with Crippen LogP contribution in [0.4, 0.5) is 0 Å². The summed E-state index contributed by atoms with van der Waals surface area (Å²) in [5.41, 5.74) is 12.8. The van der Waals surface area contributed by atoms with Crippen LogP contribution in [0.2, 0.25) is 0 Å². The summed E-state index contributed by atoms with van der Waals surface area (Å²) in [6.07, 6.45) is 13.3. The third-order valence-corrected chi connectivity index (χ3v) is 8.94. The predicted octanol–water partition coefficient (Wildman–Crippen LogP) is 9.21. The number of nitrogens with zero attached hydrogens (tertiary/aromatic N) is 5. The first-order valence-corrected chi connectivity index (χ1v) is 16.3. The molecule has 0 unspecified atom stereocenters. The summed E-state index contributed by atoms with van der Waals surface area (Å²) >= 11 is 0. The maximum absolute atomic E-state index is 11.7. The van der Waals surface area contributed by atoms with Crippen LogP contribution >= 0.6 is 0 Å². The van der Waals surface area contributed by atoms with Gasteiger partial charge >= 0.3 is 5.97 Å². The maximum Gasteiger partial charge on any atom is 0.335 e. The lowest BCUT2D eigenvalue weighted by atomic mass is 10.0. The Kier molecular flexibility index (Phi) is 7.21. The SMILES string of the molecule is O=C(O)c1ccc(-c2c3nc(c(-c4ccccn4)c4ccc([nH]4)c(-c4ccccn4)c4nc(c(-c5ccccn5)c5ccc2[nH]5)C=C4)C=C3)cc1. The molecule has 6 aromatic heterocycles. The van der Waals surface area contributed by atoms with Gasteiger partial charge in [-0.05, 0) is 103 Å². The van der Waals surface area contributed by atoms with E-state index in [1.54, 1.807) is 30.7 Å². The number of carbonyl (C=O) groups is 1. The van der Waals surface area contributed by atoms with Crippen molar-refractivity contribution in [3.8, 4) is 44.9 Å². The van der Waals surface area contributed by atoms with Crippen molar-refractivity contribution < 1.29 is 9.90 Å². The lowest BCUT2D eigenvalue weighted by molar-refractivity contribution is 0.0697. The molecule has 0 amide bonds. The maximum atomic E-state index is 11.7. The average molecular weight is 662 g/mol. The summed E-state index contributed by atoms with van der Waals surface area (Å²) in [4.78, 5) is 43.7. The molecule has 1 aromatic carbocycles. The fourth-order valence-corrected chi connectivity index (χ4v) is 6.63. The first kappa shape index (κ1) is 29.8. The number of hydrogen-bond donors (Lipinski definition) is 3. The van der Waals surface area contributed by atoms with Crippen LogP contribution in [0.15, 0.2) is 122 Å². The molecule has 0 saturated carbocycles. The molecule has 9 rings (SSSR count). The molecule has 0 spiro atoms. The van der Waals surface area contributed by atoms with Gasteiger partial charge in [-0.15, -0.1) is 0 Å². The number of H-pyrrole nitrogens is 2. The molecule has 0 radical (unpaired) electrons. The van der Waals surface area contributed by atoms with Crippen molar-refractivity contribution in [2.24, 2.45) is 0 Å². The summed E-state index contributed by atoms with van der Waals surface area (Å²) in [5.74, 6) is -0.986. The van der Waals surface area contributed by atoms with E-state index >= 15 is 0 Å². The fraction of sp³-hybridized carbons (Fsp3) is 0. The second-order valence-corrected chi connectivity index (χ2v) is 12.0. The van der Waals surface area contributed by atoms with E-state index in [0.29, 0.717) is 5.69 Å². The third-order valence-electron chi connectivity index (χ3n) is 8.94. The van der Waals surface area contributed by atoms with Crippen molar-refractivity contribution in [2.45, 2.75) is 0 Å². The van der Waals surface area contributed by atoms with Crippen molar-refractivity contribution in [1.82, 2.24) is 34.9 Å². The molecule has 2 aliphatic heterocycles. The lowest BCUT2D eigenvalue weighted by Gasteiger charge is -2.06. The van der Waals surface area contributed by atoms with Crippen LogP contribution in [0, 0.1) is 0 Å². The predicted molar refractivity (Wildman–Crippen MR) is 201 cm³/mol. The zero-order valence-corrected chi connectivity index (χ0v) is 26.9. The fourth-order valence-electron chi connectivity index (χ4n) is 6.63. The molecule has 8 bridgehead atoms. The van der Waals surface area contributed by atoms with Gasteiger partial charge in [0.25, 0.3) is 0 Å². The first-order chi connectivity index (χ1) is 25.1. The molecule has 8 heterocycles. The molecule has 7 aromatic rings. The number of pyridine rings is 3. The molecule has 9 nitrogen and oxygen atoms in total. The number of aromatic carboxylic acids is 1. The van der Waals surface area contributed by atoms with E-state index in [2.05, 4.69) is 9.97 Å². The Balaban J connectivity index is 1.46. The molecule has 2 aliphatic rings. The molecule has 242 valence electrons.